The molecule has 1 saturated heterocycles. The van der Waals surface area contributed by atoms with E-state index in [2.05, 4.69) is 21.8 Å². The molecule has 1 aliphatic rings. The minimum Gasteiger partial charge on any atom is -0.370 e. The van der Waals surface area contributed by atoms with Crippen molar-refractivity contribution in [2.24, 2.45) is 16.6 Å². The zero-order valence-electron chi connectivity index (χ0n) is 11.1. The summed E-state index contributed by atoms with van der Waals surface area (Å²) in [4.78, 5) is 12.2. The number of thiazole rings is 1. The van der Waals surface area contributed by atoms with Crippen molar-refractivity contribution >= 4 is 22.3 Å². The maximum Gasteiger partial charge on any atom is 0.193 e. The average molecular weight is 277 g/mol. The Morgan fingerprint density at radius 1 is 1.63 bits per heavy atom. The molecule has 1 unspecified atom stereocenters. The van der Waals surface area contributed by atoms with Gasteiger partial charge in [0.05, 0.1) is 12.2 Å². The van der Waals surface area contributed by atoms with E-state index in [1.165, 1.54) is 12.8 Å². The predicted octanol–water partition coefficient (Wildman–Crippen LogP) is 1.94. The summed E-state index contributed by atoms with van der Waals surface area (Å²) >= 11 is 1.63. The summed E-state index contributed by atoms with van der Waals surface area (Å²) in [6, 6.07) is 0. The van der Waals surface area contributed by atoms with Crippen LogP contribution >= 0.6 is 11.3 Å². The lowest BCUT2D eigenvalue weighted by molar-refractivity contribution is 0.270. The molecule has 3 rings (SSSR count). The Hall–Kier alpha value is -1.56. The number of fused-ring (bicyclic) bond motifs is 1. The third kappa shape index (κ3) is 2.73. The van der Waals surface area contributed by atoms with Gasteiger partial charge in [-0.15, -0.1) is 11.3 Å². The number of aromatic nitrogens is 2. The van der Waals surface area contributed by atoms with Crippen LogP contribution in [0.15, 0.2) is 22.8 Å². The van der Waals surface area contributed by atoms with Gasteiger partial charge >= 0.3 is 0 Å². The van der Waals surface area contributed by atoms with Crippen molar-refractivity contribution in [3.8, 4) is 0 Å². The Morgan fingerprint density at radius 2 is 2.53 bits per heavy atom. The van der Waals surface area contributed by atoms with Crippen molar-refractivity contribution in [2.75, 3.05) is 13.1 Å². The van der Waals surface area contributed by atoms with Crippen LogP contribution in [0.3, 0.4) is 0 Å². The molecule has 19 heavy (non-hydrogen) atoms. The van der Waals surface area contributed by atoms with Crippen molar-refractivity contribution in [2.45, 2.75) is 26.3 Å². The molecular formula is C13H19N5S. The van der Waals surface area contributed by atoms with Gasteiger partial charge in [0.1, 0.15) is 0 Å². The van der Waals surface area contributed by atoms with E-state index in [0.29, 0.717) is 18.4 Å². The molecule has 102 valence electrons. The van der Waals surface area contributed by atoms with Crippen LogP contribution in [-0.2, 0) is 6.54 Å². The third-order valence-corrected chi connectivity index (χ3v) is 4.30. The van der Waals surface area contributed by atoms with Gasteiger partial charge in [-0.25, -0.2) is 9.98 Å². The Labute approximate surface area is 116 Å². The van der Waals surface area contributed by atoms with Gasteiger partial charge in [0, 0.05) is 30.9 Å². The quantitative estimate of drug-likeness (QED) is 0.674. The van der Waals surface area contributed by atoms with Crippen molar-refractivity contribution in [3.05, 3.63) is 23.5 Å². The van der Waals surface area contributed by atoms with Crippen LogP contribution in [0.25, 0.3) is 4.96 Å². The molecule has 0 aromatic carbocycles. The van der Waals surface area contributed by atoms with Gasteiger partial charge in [0.15, 0.2) is 10.9 Å². The topological polar surface area (TPSA) is 58.9 Å². The molecule has 2 N–H and O–H groups in total. The number of piperidine rings is 1. The van der Waals surface area contributed by atoms with Gasteiger partial charge in [-0.3, -0.25) is 4.40 Å². The van der Waals surface area contributed by atoms with E-state index >= 15 is 0 Å². The van der Waals surface area contributed by atoms with E-state index in [1.54, 1.807) is 11.3 Å². The standard InChI is InChI=1S/C13H19N5S/c1-10-3-2-4-17(8-10)12(14)15-7-11-9-18-5-6-19-13(18)16-11/h5-6,9-10H,2-4,7-8H2,1H3,(H2,14,15). The van der Waals surface area contributed by atoms with Gasteiger partial charge < -0.3 is 10.6 Å². The lowest BCUT2D eigenvalue weighted by Crippen LogP contribution is -2.43. The number of hydrogen-bond acceptors (Lipinski definition) is 3. The van der Waals surface area contributed by atoms with Crippen LogP contribution in [-0.4, -0.2) is 33.3 Å². The van der Waals surface area contributed by atoms with Gasteiger partial charge in [0.2, 0.25) is 0 Å². The fourth-order valence-corrected chi connectivity index (χ4v) is 3.23. The molecule has 6 heteroatoms. The Morgan fingerprint density at radius 3 is 3.32 bits per heavy atom. The first-order valence-corrected chi connectivity index (χ1v) is 7.56. The van der Waals surface area contributed by atoms with Crippen molar-refractivity contribution in [1.29, 1.82) is 0 Å². The SMILES string of the molecule is CC1CCCN(C(N)=NCc2cn3ccsc3n2)C1. The summed E-state index contributed by atoms with van der Waals surface area (Å²) in [5.74, 6) is 1.36. The molecule has 2 aromatic heterocycles. The zero-order chi connectivity index (χ0) is 13.2. The number of imidazole rings is 1. The maximum absolute atomic E-state index is 6.07. The van der Waals surface area contributed by atoms with E-state index in [1.807, 2.05) is 22.2 Å². The summed E-state index contributed by atoms with van der Waals surface area (Å²) < 4.78 is 2.02. The molecule has 0 saturated carbocycles. The van der Waals surface area contributed by atoms with Crippen LogP contribution < -0.4 is 5.73 Å². The molecule has 0 bridgehead atoms. The molecule has 3 heterocycles. The van der Waals surface area contributed by atoms with Crippen LogP contribution in [0.5, 0.6) is 0 Å². The highest BCUT2D eigenvalue weighted by molar-refractivity contribution is 7.15. The van der Waals surface area contributed by atoms with Crippen LogP contribution in [0.2, 0.25) is 0 Å². The number of guanidine groups is 1. The Kier molecular flexibility index (Phi) is 3.42. The first-order chi connectivity index (χ1) is 9.22. The normalized spacial score (nSPS) is 21.2. The van der Waals surface area contributed by atoms with Gasteiger partial charge in [-0.05, 0) is 18.8 Å². The molecule has 1 fully saturated rings. The Bertz CT molecular complexity index is 556. The molecular weight excluding hydrogens is 258 g/mol. The second kappa shape index (κ2) is 5.21. The van der Waals surface area contributed by atoms with E-state index < -0.39 is 0 Å². The van der Waals surface area contributed by atoms with Crippen molar-refractivity contribution in [1.82, 2.24) is 14.3 Å². The molecule has 0 amide bonds. The molecule has 1 atom stereocenters. The second-order valence-corrected chi connectivity index (χ2v) is 6.07. The number of hydrogen-bond donors (Lipinski definition) is 1. The molecule has 0 aliphatic carbocycles. The first-order valence-electron chi connectivity index (χ1n) is 6.68. The molecule has 0 spiro atoms. The summed E-state index contributed by atoms with van der Waals surface area (Å²) in [5.41, 5.74) is 7.04. The van der Waals surface area contributed by atoms with E-state index in [9.17, 15) is 0 Å². The zero-order valence-corrected chi connectivity index (χ0v) is 11.9. The molecule has 0 radical (unpaired) electrons. The van der Waals surface area contributed by atoms with Crippen LogP contribution in [0, 0.1) is 5.92 Å². The smallest absolute Gasteiger partial charge is 0.193 e. The van der Waals surface area contributed by atoms with E-state index in [0.717, 1.165) is 23.7 Å². The number of nitrogens with zero attached hydrogens (tertiary/aromatic N) is 4. The van der Waals surface area contributed by atoms with E-state index in [4.69, 9.17) is 5.73 Å². The predicted molar refractivity (Wildman–Crippen MR) is 78.4 cm³/mol. The maximum atomic E-state index is 6.07. The minimum absolute atomic E-state index is 0.561. The lowest BCUT2D eigenvalue weighted by Gasteiger charge is -2.31. The van der Waals surface area contributed by atoms with Crippen molar-refractivity contribution in [3.63, 3.8) is 0 Å². The highest BCUT2D eigenvalue weighted by Crippen LogP contribution is 2.15. The number of aliphatic imine (C=N–C) groups is 1. The van der Waals surface area contributed by atoms with Crippen LogP contribution in [0.1, 0.15) is 25.5 Å². The number of nitrogens with two attached hydrogens (primary N) is 1. The van der Waals surface area contributed by atoms with E-state index in [-0.39, 0.29) is 0 Å². The van der Waals surface area contributed by atoms with Crippen molar-refractivity contribution < 1.29 is 0 Å². The molecule has 1 aliphatic heterocycles. The fourth-order valence-electron chi connectivity index (χ4n) is 2.51. The van der Waals surface area contributed by atoms with Gasteiger partial charge in [-0.1, -0.05) is 6.92 Å². The molecule has 2 aromatic rings. The second-order valence-electron chi connectivity index (χ2n) is 5.19. The molecule has 5 nitrogen and oxygen atoms in total. The van der Waals surface area contributed by atoms with Crippen LogP contribution in [0.4, 0.5) is 0 Å². The summed E-state index contributed by atoms with van der Waals surface area (Å²) in [6.07, 6.45) is 6.52. The summed E-state index contributed by atoms with van der Waals surface area (Å²) in [6.45, 7) is 4.87. The summed E-state index contributed by atoms with van der Waals surface area (Å²) in [5, 5.41) is 2.03. The minimum atomic E-state index is 0.561. The summed E-state index contributed by atoms with van der Waals surface area (Å²) in [7, 11) is 0. The fraction of sp³-hybridized carbons (Fsp3) is 0.538. The van der Waals surface area contributed by atoms with Gasteiger partial charge in [0.25, 0.3) is 0 Å². The third-order valence-electron chi connectivity index (χ3n) is 3.53. The monoisotopic (exact) mass is 277 g/mol. The first kappa shape index (κ1) is 12.5. The van der Waals surface area contributed by atoms with Gasteiger partial charge in [-0.2, -0.15) is 0 Å². The highest BCUT2D eigenvalue weighted by atomic mass is 32.1. The largest absolute Gasteiger partial charge is 0.370 e. The lowest BCUT2D eigenvalue weighted by atomic mass is 10.0. The highest BCUT2D eigenvalue weighted by Gasteiger charge is 2.17. The number of rotatable bonds is 2. The Balaban J connectivity index is 1.66. The number of likely N-dealkylation sites (tertiary alicyclic amines) is 1. The average Bonchev–Trinajstić information content (AvgIpc) is 2.96.